The van der Waals surface area contributed by atoms with E-state index >= 15 is 0 Å². The summed E-state index contributed by atoms with van der Waals surface area (Å²) < 4.78 is 0. The molecule has 0 amide bonds. The third-order valence-corrected chi connectivity index (χ3v) is 4.67. The highest BCUT2D eigenvalue weighted by Crippen LogP contribution is 2.16. The highest BCUT2D eigenvalue weighted by atomic mass is 32.2. The third kappa shape index (κ3) is 6.81. The first kappa shape index (κ1) is 17.6. The number of nitrogens with one attached hydrogen (secondary N) is 1. The zero-order valence-corrected chi connectivity index (χ0v) is 14.4. The second-order valence-electron chi connectivity index (χ2n) is 5.62. The number of aryl methyl sites for hydroxylation is 1. The Morgan fingerprint density at radius 1 is 1.10 bits per heavy atom. The van der Waals surface area contributed by atoms with E-state index in [0.717, 1.165) is 0 Å². The van der Waals surface area contributed by atoms with Crippen molar-refractivity contribution in [1.29, 1.82) is 0 Å². The van der Waals surface area contributed by atoms with Crippen molar-refractivity contribution in [3.8, 4) is 0 Å². The van der Waals surface area contributed by atoms with Crippen LogP contribution in [0.3, 0.4) is 0 Å². The Bertz CT molecular complexity index is 347. The van der Waals surface area contributed by atoms with E-state index in [2.05, 4.69) is 57.3 Å². The Morgan fingerprint density at radius 3 is 2.40 bits per heavy atom. The predicted molar refractivity (Wildman–Crippen MR) is 93.7 cm³/mol. The molecule has 1 N–H and O–H groups in total. The molecule has 1 nitrogen and oxygen atoms in total. The molecular formula is C18H31NS. The molecule has 1 rings (SSSR count). The van der Waals surface area contributed by atoms with Gasteiger partial charge in [0.05, 0.1) is 0 Å². The molecule has 0 saturated carbocycles. The predicted octanol–water partition coefficient (Wildman–Crippen LogP) is 5.21. The maximum absolute atomic E-state index is 3.70. The monoisotopic (exact) mass is 293 g/mol. The van der Waals surface area contributed by atoms with Crippen LogP contribution in [0.5, 0.6) is 0 Å². The number of hydrogen-bond acceptors (Lipinski definition) is 2. The lowest BCUT2D eigenvalue weighted by Gasteiger charge is -2.20. The molecule has 0 aliphatic rings. The number of benzene rings is 1. The van der Waals surface area contributed by atoms with Crippen LogP contribution in [0.2, 0.25) is 0 Å². The van der Waals surface area contributed by atoms with Gasteiger partial charge >= 0.3 is 0 Å². The summed E-state index contributed by atoms with van der Waals surface area (Å²) in [4.78, 5) is 0. The van der Waals surface area contributed by atoms with Crippen molar-refractivity contribution in [3.63, 3.8) is 0 Å². The Kier molecular flexibility index (Phi) is 9.04. The van der Waals surface area contributed by atoms with Gasteiger partial charge < -0.3 is 5.32 Å². The molecule has 0 spiro atoms. The van der Waals surface area contributed by atoms with E-state index in [-0.39, 0.29) is 0 Å². The van der Waals surface area contributed by atoms with Crippen molar-refractivity contribution in [3.05, 3.63) is 35.4 Å². The second-order valence-corrected chi connectivity index (χ2v) is 7.01. The van der Waals surface area contributed by atoms with Crippen LogP contribution < -0.4 is 5.32 Å². The van der Waals surface area contributed by atoms with Gasteiger partial charge in [0.2, 0.25) is 0 Å². The molecule has 1 aromatic rings. The van der Waals surface area contributed by atoms with Crippen molar-refractivity contribution >= 4 is 11.8 Å². The largest absolute Gasteiger partial charge is 0.308 e. The number of rotatable bonds is 10. The van der Waals surface area contributed by atoms with Crippen LogP contribution >= 0.6 is 11.8 Å². The Labute approximate surface area is 129 Å². The smallest absolute Gasteiger partial charge is 0.0294 e. The Balaban J connectivity index is 2.40. The first-order valence-corrected chi connectivity index (χ1v) is 9.25. The maximum atomic E-state index is 3.70. The van der Waals surface area contributed by atoms with E-state index < -0.39 is 0 Å². The number of thioether (sulfide) groups is 1. The highest BCUT2D eigenvalue weighted by Gasteiger charge is 2.09. The molecule has 0 saturated heterocycles. The molecule has 0 radical (unpaired) electrons. The first-order valence-electron chi connectivity index (χ1n) is 8.10. The van der Waals surface area contributed by atoms with Gasteiger partial charge in [0, 0.05) is 12.1 Å². The summed E-state index contributed by atoms with van der Waals surface area (Å²) in [7, 11) is 0. The summed E-state index contributed by atoms with van der Waals surface area (Å²) in [6, 6.07) is 10.2. The van der Waals surface area contributed by atoms with Crippen molar-refractivity contribution in [1.82, 2.24) is 5.32 Å². The molecule has 2 heteroatoms. The average molecular weight is 294 g/mol. The molecule has 0 bridgehead atoms. The molecule has 114 valence electrons. The van der Waals surface area contributed by atoms with Gasteiger partial charge in [-0.2, -0.15) is 11.8 Å². The normalized spacial score (nSPS) is 14.2. The SMILES string of the molecule is CCCCc1ccc(C(C)NC(C)CCSCC)cc1. The summed E-state index contributed by atoms with van der Waals surface area (Å²) in [5.74, 6) is 2.48. The van der Waals surface area contributed by atoms with E-state index in [0.29, 0.717) is 12.1 Å². The molecule has 2 atom stereocenters. The van der Waals surface area contributed by atoms with Crippen LogP contribution in [0.15, 0.2) is 24.3 Å². The third-order valence-electron chi connectivity index (χ3n) is 3.73. The molecule has 0 heterocycles. The van der Waals surface area contributed by atoms with Gasteiger partial charge in [-0.1, -0.05) is 44.5 Å². The van der Waals surface area contributed by atoms with Gasteiger partial charge in [-0.25, -0.2) is 0 Å². The van der Waals surface area contributed by atoms with Gasteiger partial charge in [-0.15, -0.1) is 0 Å². The fourth-order valence-corrected chi connectivity index (χ4v) is 3.17. The van der Waals surface area contributed by atoms with E-state index in [1.54, 1.807) is 0 Å². The summed E-state index contributed by atoms with van der Waals surface area (Å²) in [6.45, 7) is 9.04. The molecular weight excluding hydrogens is 262 g/mol. The minimum atomic E-state index is 0.442. The van der Waals surface area contributed by atoms with Gasteiger partial charge in [-0.05, 0) is 55.7 Å². The molecule has 1 aromatic carbocycles. The summed E-state index contributed by atoms with van der Waals surface area (Å²) >= 11 is 2.03. The molecule has 0 fully saturated rings. The van der Waals surface area contributed by atoms with Crippen molar-refractivity contribution < 1.29 is 0 Å². The van der Waals surface area contributed by atoms with E-state index in [4.69, 9.17) is 0 Å². The van der Waals surface area contributed by atoms with E-state index in [9.17, 15) is 0 Å². The lowest BCUT2D eigenvalue weighted by molar-refractivity contribution is 0.471. The summed E-state index contributed by atoms with van der Waals surface area (Å²) in [6.07, 6.45) is 5.02. The van der Waals surface area contributed by atoms with Crippen molar-refractivity contribution in [2.75, 3.05) is 11.5 Å². The molecule has 0 aliphatic carbocycles. The van der Waals surface area contributed by atoms with Crippen LogP contribution in [-0.4, -0.2) is 17.5 Å². The fourth-order valence-electron chi connectivity index (χ4n) is 2.36. The van der Waals surface area contributed by atoms with Gasteiger partial charge in [0.25, 0.3) is 0 Å². The zero-order chi connectivity index (χ0) is 14.8. The maximum Gasteiger partial charge on any atom is 0.0294 e. The van der Waals surface area contributed by atoms with Crippen molar-refractivity contribution in [2.45, 2.75) is 65.5 Å². The van der Waals surface area contributed by atoms with Crippen molar-refractivity contribution in [2.24, 2.45) is 0 Å². The minimum Gasteiger partial charge on any atom is -0.308 e. The fraction of sp³-hybridized carbons (Fsp3) is 0.667. The molecule has 20 heavy (non-hydrogen) atoms. The minimum absolute atomic E-state index is 0.442. The van der Waals surface area contributed by atoms with Gasteiger partial charge in [0.15, 0.2) is 0 Å². The van der Waals surface area contributed by atoms with Crippen LogP contribution in [0.25, 0.3) is 0 Å². The first-order chi connectivity index (χ1) is 9.67. The second kappa shape index (κ2) is 10.3. The zero-order valence-electron chi connectivity index (χ0n) is 13.6. The van der Waals surface area contributed by atoms with Crippen LogP contribution in [0.1, 0.15) is 64.1 Å². The molecule has 0 aliphatic heterocycles. The van der Waals surface area contributed by atoms with E-state index in [1.165, 1.54) is 48.3 Å². The van der Waals surface area contributed by atoms with Gasteiger partial charge in [0.1, 0.15) is 0 Å². The Hall–Kier alpha value is -0.470. The number of unbranched alkanes of at least 4 members (excludes halogenated alkanes) is 1. The topological polar surface area (TPSA) is 12.0 Å². The van der Waals surface area contributed by atoms with Crippen LogP contribution in [0.4, 0.5) is 0 Å². The van der Waals surface area contributed by atoms with Crippen LogP contribution in [-0.2, 0) is 6.42 Å². The lowest BCUT2D eigenvalue weighted by atomic mass is 10.0. The standard InChI is InChI=1S/C18H31NS/c1-5-7-8-17-9-11-18(12-10-17)16(4)19-15(3)13-14-20-6-2/h9-12,15-16,19H,5-8,13-14H2,1-4H3. The quantitative estimate of drug-likeness (QED) is 0.594. The van der Waals surface area contributed by atoms with E-state index in [1.807, 2.05) is 11.8 Å². The lowest BCUT2D eigenvalue weighted by Crippen LogP contribution is -2.29. The summed E-state index contributed by atoms with van der Waals surface area (Å²) in [5.41, 5.74) is 2.87. The number of hydrogen-bond donors (Lipinski definition) is 1. The molecule has 0 aromatic heterocycles. The molecule has 2 unspecified atom stereocenters. The summed E-state index contributed by atoms with van der Waals surface area (Å²) in [5, 5.41) is 3.70. The Morgan fingerprint density at radius 2 is 1.80 bits per heavy atom. The van der Waals surface area contributed by atoms with Gasteiger partial charge in [-0.3, -0.25) is 0 Å². The average Bonchev–Trinajstić information content (AvgIpc) is 2.46. The highest BCUT2D eigenvalue weighted by molar-refractivity contribution is 7.99. The van der Waals surface area contributed by atoms with Crippen LogP contribution in [0, 0.1) is 0 Å².